The monoisotopic (exact) mass is 317 g/mol. The highest BCUT2D eigenvalue weighted by Gasteiger charge is 2.32. The quantitative estimate of drug-likeness (QED) is 0.908. The number of aryl methyl sites for hydroxylation is 2. The Labute approximate surface area is 138 Å². The van der Waals surface area contributed by atoms with Gasteiger partial charge < -0.3 is 15.1 Å². The Hall–Kier alpha value is -2.04. The van der Waals surface area contributed by atoms with Crippen molar-refractivity contribution in [1.82, 2.24) is 10.2 Å². The summed E-state index contributed by atoms with van der Waals surface area (Å²) in [6.45, 7) is 7.47. The number of unbranched alkanes of at least 4 members (excludes halogenated alkanes) is 1. The second kappa shape index (κ2) is 7.49. The van der Waals surface area contributed by atoms with Crippen LogP contribution in [0.4, 0.5) is 10.5 Å². The number of hydrogen-bond donors (Lipinski definition) is 1. The Morgan fingerprint density at radius 2 is 2.09 bits per heavy atom. The molecule has 0 radical (unpaired) electrons. The number of hydrogen-bond acceptors (Lipinski definition) is 2. The van der Waals surface area contributed by atoms with E-state index in [1.807, 2.05) is 25.1 Å². The molecule has 1 unspecified atom stereocenters. The van der Waals surface area contributed by atoms with Crippen molar-refractivity contribution >= 4 is 17.6 Å². The molecule has 1 saturated heterocycles. The van der Waals surface area contributed by atoms with E-state index in [4.69, 9.17) is 0 Å². The van der Waals surface area contributed by atoms with Crippen molar-refractivity contribution in [1.29, 1.82) is 0 Å². The molecular weight excluding hydrogens is 290 g/mol. The van der Waals surface area contributed by atoms with E-state index >= 15 is 0 Å². The lowest BCUT2D eigenvalue weighted by molar-refractivity contribution is -0.117. The van der Waals surface area contributed by atoms with Gasteiger partial charge >= 0.3 is 6.03 Å². The predicted molar refractivity (Wildman–Crippen MR) is 92.7 cm³/mol. The summed E-state index contributed by atoms with van der Waals surface area (Å²) in [5.74, 6) is 0.0646. The Balaban J connectivity index is 1.97. The third-order valence-corrected chi connectivity index (χ3v) is 4.45. The molecule has 1 fully saturated rings. The molecule has 1 aromatic carbocycles. The molecule has 1 N–H and O–H groups in total. The van der Waals surface area contributed by atoms with E-state index in [1.54, 1.807) is 16.8 Å². The third-order valence-electron chi connectivity index (χ3n) is 4.45. The maximum Gasteiger partial charge on any atom is 0.317 e. The fraction of sp³-hybridized carbons (Fsp3) is 0.556. The molecule has 126 valence electrons. The molecule has 23 heavy (non-hydrogen) atoms. The summed E-state index contributed by atoms with van der Waals surface area (Å²) in [6, 6.07) is 5.81. The van der Waals surface area contributed by atoms with Crippen LogP contribution in [-0.2, 0) is 4.79 Å². The number of anilines is 1. The molecule has 0 bridgehead atoms. The lowest BCUT2D eigenvalue weighted by Gasteiger charge is -2.21. The van der Waals surface area contributed by atoms with Crippen LogP contribution < -0.4 is 10.2 Å². The van der Waals surface area contributed by atoms with E-state index in [0.29, 0.717) is 13.0 Å². The fourth-order valence-electron chi connectivity index (χ4n) is 2.73. The number of nitrogens with one attached hydrogen (secondary N) is 1. The van der Waals surface area contributed by atoms with Crippen molar-refractivity contribution in [3.63, 3.8) is 0 Å². The average molecular weight is 317 g/mol. The molecule has 0 spiro atoms. The molecule has 1 heterocycles. The van der Waals surface area contributed by atoms with Gasteiger partial charge in [-0.1, -0.05) is 19.4 Å². The average Bonchev–Trinajstić information content (AvgIpc) is 2.88. The molecule has 5 nitrogen and oxygen atoms in total. The zero-order chi connectivity index (χ0) is 17.0. The van der Waals surface area contributed by atoms with Crippen LogP contribution in [0.2, 0.25) is 0 Å². The number of carbonyl (C=O) groups is 2. The smallest absolute Gasteiger partial charge is 0.317 e. The molecule has 5 heteroatoms. The molecule has 2 rings (SSSR count). The number of carbonyl (C=O) groups excluding carboxylic acids is 2. The second-order valence-electron chi connectivity index (χ2n) is 6.40. The van der Waals surface area contributed by atoms with Gasteiger partial charge in [-0.2, -0.15) is 0 Å². The van der Waals surface area contributed by atoms with Crippen LogP contribution in [-0.4, -0.2) is 43.0 Å². The van der Waals surface area contributed by atoms with E-state index in [1.165, 1.54) is 11.1 Å². The first-order valence-electron chi connectivity index (χ1n) is 8.31. The van der Waals surface area contributed by atoms with Crippen molar-refractivity contribution in [3.8, 4) is 0 Å². The standard InChI is InChI=1S/C18H27N3O2/c1-5-6-9-20(4)18(23)19-15-11-17(22)21(12-15)16-8-7-13(2)14(3)10-16/h7-8,10,15H,5-6,9,11-12H2,1-4H3,(H,19,23). The number of urea groups is 1. The van der Waals surface area contributed by atoms with Crippen molar-refractivity contribution in [3.05, 3.63) is 29.3 Å². The summed E-state index contributed by atoms with van der Waals surface area (Å²) in [6.07, 6.45) is 2.41. The van der Waals surface area contributed by atoms with Gasteiger partial charge in [0, 0.05) is 32.2 Å². The number of amides is 3. The Morgan fingerprint density at radius 3 is 2.74 bits per heavy atom. The molecule has 1 aromatic rings. The zero-order valence-electron chi connectivity index (χ0n) is 14.6. The van der Waals surface area contributed by atoms with E-state index in [-0.39, 0.29) is 18.0 Å². The highest BCUT2D eigenvalue weighted by Crippen LogP contribution is 2.24. The maximum absolute atomic E-state index is 12.3. The van der Waals surface area contributed by atoms with Crippen LogP contribution >= 0.6 is 0 Å². The normalized spacial score (nSPS) is 17.5. The van der Waals surface area contributed by atoms with Crippen LogP contribution in [0.15, 0.2) is 18.2 Å². The number of nitrogens with zero attached hydrogens (tertiary/aromatic N) is 2. The van der Waals surface area contributed by atoms with Gasteiger partial charge in [0.25, 0.3) is 0 Å². The van der Waals surface area contributed by atoms with Crippen LogP contribution in [0.5, 0.6) is 0 Å². The van der Waals surface area contributed by atoms with Gasteiger partial charge in [0.15, 0.2) is 0 Å². The summed E-state index contributed by atoms with van der Waals surface area (Å²) < 4.78 is 0. The minimum atomic E-state index is -0.124. The van der Waals surface area contributed by atoms with E-state index in [2.05, 4.69) is 19.2 Å². The molecule has 3 amide bonds. The molecule has 1 aliphatic heterocycles. The largest absolute Gasteiger partial charge is 0.333 e. The van der Waals surface area contributed by atoms with Crippen LogP contribution in [0.25, 0.3) is 0 Å². The maximum atomic E-state index is 12.3. The van der Waals surface area contributed by atoms with Gasteiger partial charge in [-0.3, -0.25) is 4.79 Å². The Bertz CT molecular complexity index is 586. The SMILES string of the molecule is CCCCN(C)C(=O)NC1CC(=O)N(c2ccc(C)c(C)c2)C1. The van der Waals surface area contributed by atoms with E-state index < -0.39 is 0 Å². The lowest BCUT2D eigenvalue weighted by atomic mass is 10.1. The summed E-state index contributed by atoms with van der Waals surface area (Å²) in [5, 5.41) is 2.97. The van der Waals surface area contributed by atoms with E-state index in [0.717, 1.165) is 25.1 Å². The van der Waals surface area contributed by atoms with Crippen LogP contribution in [0.3, 0.4) is 0 Å². The van der Waals surface area contributed by atoms with Gasteiger partial charge in [0.2, 0.25) is 5.91 Å². The molecule has 1 atom stereocenters. The molecule has 0 aromatic heterocycles. The highest BCUT2D eigenvalue weighted by atomic mass is 16.2. The predicted octanol–water partition coefficient (Wildman–Crippen LogP) is 2.85. The molecule has 0 aliphatic carbocycles. The summed E-state index contributed by atoms with van der Waals surface area (Å²) in [4.78, 5) is 27.9. The van der Waals surface area contributed by atoms with Crippen molar-refractivity contribution < 1.29 is 9.59 Å². The van der Waals surface area contributed by atoms with Crippen molar-refractivity contribution in [2.75, 3.05) is 25.0 Å². The molecule has 1 aliphatic rings. The van der Waals surface area contributed by atoms with Crippen LogP contribution in [0, 0.1) is 13.8 Å². The van der Waals surface area contributed by atoms with Gasteiger partial charge in [-0.15, -0.1) is 0 Å². The van der Waals surface area contributed by atoms with Gasteiger partial charge in [-0.25, -0.2) is 4.79 Å². The first-order valence-corrected chi connectivity index (χ1v) is 8.31. The highest BCUT2D eigenvalue weighted by molar-refractivity contribution is 5.96. The summed E-state index contributed by atoms with van der Waals surface area (Å²) in [7, 11) is 1.79. The van der Waals surface area contributed by atoms with Gasteiger partial charge in [0.1, 0.15) is 0 Å². The molecule has 0 saturated carbocycles. The molecular formula is C18H27N3O2. The lowest BCUT2D eigenvalue weighted by Crippen LogP contribution is -2.44. The number of rotatable bonds is 5. The second-order valence-corrected chi connectivity index (χ2v) is 6.40. The Morgan fingerprint density at radius 1 is 1.35 bits per heavy atom. The summed E-state index contributed by atoms with van der Waals surface area (Å²) >= 11 is 0. The summed E-state index contributed by atoms with van der Waals surface area (Å²) in [5.41, 5.74) is 3.29. The first-order chi connectivity index (χ1) is 10.9. The fourth-order valence-corrected chi connectivity index (χ4v) is 2.73. The first kappa shape index (κ1) is 17.3. The third kappa shape index (κ3) is 4.24. The van der Waals surface area contributed by atoms with Gasteiger partial charge in [-0.05, 0) is 43.5 Å². The Kier molecular flexibility index (Phi) is 5.64. The number of benzene rings is 1. The minimum absolute atomic E-state index is 0.0646. The van der Waals surface area contributed by atoms with Crippen molar-refractivity contribution in [2.45, 2.75) is 46.1 Å². The topological polar surface area (TPSA) is 52.7 Å². The van der Waals surface area contributed by atoms with Crippen molar-refractivity contribution in [2.24, 2.45) is 0 Å². The zero-order valence-corrected chi connectivity index (χ0v) is 14.6. The van der Waals surface area contributed by atoms with E-state index in [9.17, 15) is 9.59 Å². The minimum Gasteiger partial charge on any atom is -0.333 e. The van der Waals surface area contributed by atoms with Gasteiger partial charge in [0.05, 0.1) is 6.04 Å². The van der Waals surface area contributed by atoms with Crippen LogP contribution in [0.1, 0.15) is 37.3 Å².